The number of thiazole rings is 1. The van der Waals surface area contributed by atoms with Gasteiger partial charge in [-0.05, 0) is 12.1 Å². The molecule has 2 aromatic rings. The molecule has 0 aliphatic carbocycles. The van der Waals surface area contributed by atoms with Crippen molar-refractivity contribution in [3.8, 4) is 5.75 Å². The van der Waals surface area contributed by atoms with Gasteiger partial charge in [-0.15, -0.1) is 24.5 Å². The number of rotatable bonds is 3. The second-order valence-corrected chi connectivity index (χ2v) is 5.56. The number of piperazine rings is 1. The Bertz CT molecular complexity index is 595. The van der Waals surface area contributed by atoms with Crippen molar-refractivity contribution >= 4 is 22.3 Å². The lowest BCUT2D eigenvalue weighted by atomic mass is 10.3. The molecule has 0 aromatic carbocycles. The summed E-state index contributed by atoms with van der Waals surface area (Å²) in [5, 5.41) is 2.92. The Balaban J connectivity index is 1.59. The van der Waals surface area contributed by atoms with Crippen molar-refractivity contribution in [3.63, 3.8) is 0 Å². The van der Waals surface area contributed by atoms with Crippen molar-refractivity contribution in [2.24, 2.45) is 0 Å². The van der Waals surface area contributed by atoms with Crippen molar-refractivity contribution in [1.29, 1.82) is 0 Å². The van der Waals surface area contributed by atoms with Crippen LogP contribution in [0.5, 0.6) is 5.75 Å². The number of aromatic nitrogens is 2. The van der Waals surface area contributed by atoms with Gasteiger partial charge < -0.3 is 14.5 Å². The SMILES string of the molecule is FC(F)(F)Oc1ccc(N2CCN(c3nccs3)CC2)nc1. The maximum atomic E-state index is 12.1. The van der Waals surface area contributed by atoms with Crippen LogP contribution in [0.4, 0.5) is 24.1 Å². The molecule has 2 aromatic heterocycles. The van der Waals surface area contributed by atoms with E-state index in [9.17, 15) is 13.2 Å². The highest BCUT2D eigenvalue weighted by molar-refractivity contribution is 7.13. The summed E-state index contributed by atoms with van der Waals surface area (Å²) < 4.78 is 40.1. The van der Waals surface area contributed by atoms with E-state index in [1.807, 2.05) is 10.3 Å². The number of ether oxygens (including phenoxy) is 1. The predicted molar refractivity (Wildman–Crippen MR) is 77.5 cm³/mol. The lowest BCUT2D eigenvalue weighted by Gasteiger charge is -2.35. The summed E-state index contributed by atoms with van der Waals surface area (Å²) in [7, 11) is 0. The van der Waals surface area contributed by atoms with Gasteiger partial charge in [-0.1, -0.05) is 0 Å². The van der Waals surface area contributed by atoms with Gasteiger partial charge in [-0.3, -0.25) is 0 Å². The van der Waals surface area contributed by atoms with Gasteiger partial charge >= 0.3 is 6.36 Å². The summed E-state index contributed by atoms with van der Waals surface area (Å²) in [4.78, 5) is 12.5. The minimum Gasteiger partial charge on any atom is -0.404 e. The number of hydrogen-bond donors (Lipinski definition) is 0. The number of alkyl halides is 3. The molecule has 0 saturated carbocycles. The lowest BCUT2D eigenvalue weighted by molar-refractivity contribution is -0.274. The topological polar surface area (TPSA) is 41.5 Å². The van der Waals surface area contributed by atoms with Crippen molar-refractivity contribution in [3.05, 3.63) is 29.9 Å². The van der Waals surface area contributed by atoms with Crippen LogP contribution in [0.2, 0.25) is 0 Å². The Labute approximate surface area is 129 Å². The van der Waals surface area contributed by atoms with E-state index in [0.717, 1.165) is 37.5 Å². The fraction of sp³-hybridized carbons (Fsp3) is 0.385. The number of hydrogen-bond acceptors (Lipinski definition) is 6. The van der Waals surface area contributed by atoms with E-state index in [1.54, 1.807) is 23.6 Å². The Morgan fingerprint density at radius 1 is 1.05 bits per heavy atom. The van der Waals surface area contributed by atoms with Gasteiger partial charge in [0, 0.05) is 37.8 Å². The molecule has 1 aliphatic heterocycles. The van der Waals surface area contributed by atoms with E-state index in [2.05, 4.69) is 19.6 Å². The van der Waals surface area contributed by atoms with Crippen LogP contribution in [0.3, 0.4) is 0 Å². The second kappa shape index (κ2) is 5.99. The number of pyridine rings is 1. The van der Waals surface area contributed by atoms with E-state index < -0.39 is 6.36 Å². The van der Waals surface area contributed by atoms with Crippen LogP contribution in [-0.4, -0.2) is 42.5 Å². The molecule has 0 N–H and O–H groups in total. The molecular weight excluding hydrogens is 317 g/mol. The fourth-order valence-corrected chi connectivity index (χ4v) is 2.95. The van der Waals surface area contributed by atoms with Gasteiger partial charge in [-0.2, -0.15) is 0 Å². The molecule has 1 saturated heterocycles. The third-order valence-corrected chi connectivity index (χ3v) is 4.08. The maximum Gasteiger partial charge on any atom is 0.573 e. The number of halogens is 3. The third-order valence-electron chi connectivity index (χ3n) is 3.25. The highest BCUT2D eigenvalue weighted by atomic mass is 32.1. The molecular formula is C13H13F3N4OS. The average Bonchev–Trinajstić information content (AvgIpc) is 3.01. The molecule has 9 heteroatoms. The second-order valence-electron chi connectivity index (χ2n) is 4.69. The first kappa shape index (κ1) is 14.9. The van der Waals surface area contributed by atoms with Crippen molar-refractivity contribution < 1.29 is 17.9 Å². The minimum atomic E-state index is -4.69. The Kier molecular flexibility index (Phi) is 4.06. The van der Waals surface area contributed by atoms with Gasteiger partial charge in [0.05, 0.1) is 6.20 Å². The first-order valence-electron chi connectivity index (χ1n) is 6.62. The average molecular weight is 330 g/mol. The molecule has 0 unspecified atom stereocenters. The molecule has 22 heavy (non-hydrogen) atoms. The summed E-state index contributed by atoms with van der Waals surface area (Å²) in [5.41, 5.74) is 0. The zero-order chi connectivity index (χ0) is 15.6. The third kappa shape index (κ3) is 3.59. The van der Waals surface area contributed by atoms with Crippen molar-refractivity contribution in [2.75, 3.05) is 36.0 Å². The van der Waals surface area contributed by atoms with Crippen LogP contribution in [0.15, 0.2) is 29.9 Å². The maximum absolute atomic E-state index is 12.1. The van der Waals surface area contributed by atoms with Gasteiger partial charge in [0.25, 0.3) is 0 Å². The molecule has 0 amide bonds. The quantitative estimate of drug-likeness (QED) is 0.866. The molecule has 0 spiro atoms. The molecule has 3 rings (SSSR count). The van der Waals surface area contributed by atoms with E-state index >= 15 is 0 Å². The van der Waals surface area contributed by atoms with Gasteiger partial charge in [0.15, 0.2) is 5.13 Å². The van der Waals surface area contributed by atoms with Crippen molar-refractivity contribution in [1.82, 2.24) is 9.97 Å². The highest BCUT2D eigenvalue weighted by Crippen LogP contribution is 2.25. The van der Waals surface area contributed by atoms with Crippen LogP contribution in [0.1, 0.15) is 0 Å². The smallest absolute Gasteiger partial charge is 0.404 e. The highest BCUT2D eigenvalue weighted by Gasteiger charge is 2.31. The van der Waals surface area contributed by atoms with Crippen LogP contribution in [0, 0.1) is 0 Å². The predicted octanol–water partition coefficient (Wildman–Crippen LogP) is 2.76. The largest absolute Gasteiger partial charge is 0.573 e. The minimum absolute atomic E-state index is 0.308. The first-order chi connectivity index (χ1) is 10.5. The molecule has 1 aliphatic rings. The summed E-state index contributed by atoms with van der Waals surface area (Å²) >= 11 is 1.59. The molecule has 5 nitrogen and oxygen atoms in total. The zero-order valence-corrected chi connectivity index (χ0v) is 12.3. The van der Waals surface area contributed by atoms with Crippen LogP contribution in [-0.2, 0) is 0 Å². The monoisotopic (exact) mass is 330 g/mol. The van der Waals surface area contributed by atoms with Crippen LogP contribution in [0.25, 0.3) is 0 Å². The Hall–Kier alpha value is -2.03. The first-order valence-corrected chi connectivity index (χ1v) is 7.50. The molecule has 3 heterocycles. The van der Waals surface area contributed by atoms with Gasteiger partial charge in [0.2, 0.25) is 0 Å². The normalized spacial score (nSPS) is 16.0. The number of anilines is 2. The number of nitrogens with zero attached hydrogens (tertiary/aromatic N) is 4. The summed E-state index contributed by atoms with van der Waals surface area (Å²) in [6.45, 7) is 3.09. The summed E-state index contributed by atoms with van der Waals surface area (Å²) in [6.07, 6.45) is -1.83. The lowest BCUT2D eigenvalue weighted by Crippen LogP contribution is -2.46. The van der Waals surface area contributed by atoms with Crippen LogP contribution < -0.4 is 14.5 Å². The molecule has 118 valence electrons. The molecule has 0 atom stereocenters. The van der Waals surface area contributed by atoms with E-state index in [0.29, 0.717) is 5.82 Å². The molecule has 1 fully saturated rings. The zero-order valence-electron chi connectivity index (χ0n) is 11.5. The van der Waals surface area contributed by atoms with E-state index in [1.165, 1.54) is 6.07 Å². The molecule has 0 radical (unpaired) electrons. The van der Waals surface area contributed by atoms with Crippen molar-refractivity contribution in [2.45, 2.75) is 6.36 Å². The molecule has 0 bridgehead atoms. The van der Waals surface area contributed by atoms with E-state index in [-0.39, 0.29) is 5.75 Å². The Morgan fingerprint density at radius 2 is 1.77 bits per heavy atom. The van der Waals surface area contributed by atoms with Gasteiger partial charge in [-0.25, -0.2) is 9.97 Å². The Morgan fingerprint density at radius 3 is 2.32 bits per heavy atom. The van der Waals surface area contributed by atoms with Gasteiger partial charge in [0.1, 0.15) is 11.6 Å². The standard InChI is InChI=1S/C13H13F3N4OS/c14-13(15,16)21-10-1-2-11(18-9-10)19-4-6-20(7-5-19)12-17-3-8-22-12/h1-3,8-9H,4-7H2. The summed E-state index contributed by atoms with van der Waals surface area (Å²) in [5.74, 6) is 0.339. The fourth-order valence-electron chi connectivity index (χ4n) is 2.25. The van der Waals surface area contributed by atoms with Crippen LogP contribution >= 0.6 is 11.3 Å². The summed E-state index contributed by atoms with van der Waals surface area (Å²) in [6, 6.07) is 2.82. The van der Waals surface area contributed by atoms with E-state index in [4.69, 9.17) is 0 Å².